The predicted molar refractivity (Wildman–Crippen MR) is 86.5 cm³/mol. The van der Waals surface area contributed by atoms with Crippen LogP contribution in [-0.4, -0.2) is 13.4 Å². The fraction of sp³-hybridized carbons (Fsp3) is 0.214. The van der Waals surface area contributed by atoms with Gasteiger partial charge in [0, 0.05) is 6.04 Å². The average molecular weight is 370 g/mol. The molecule has 5 nitrogen and oxygen atoms in total. The number of nitrogens with two attached hydrogens (primary N) is 1. The summed E-state index contributed by atoms with van der Waals surface area (Å²) in [5, 5.41) is 8.47. The third-order valence-electron chi connectivity index (χ3n) is 3.11. The summed E-state index contributed by atoms with van der Waals surface area (Å²) >= 11 is 3.32. The van der Waals surface area contributed by atoms with E-state index in [-0.39, 0.29) is 10.9 Å². The highest BCUT2D eigenvalue weighted by atomic mass is 79.9. The summed E-state index contributed by atoms with van der Waals surface area (Å²) in [7, 11) is -3.69. The summed E-state index contributed by atoms with van der Waals surface area (Å²) in [6, 6.07) is 10.3. The van der Waals surface area contributed by atoms with Gasteiger partial charge in [0.05, 0.1) is 16.3 Å². The monoisotopic (exact) mass is 369 g/mol. The number of anilines is 1. The Kier molecular flexibility index (Phi) is 4.65. The highest BCUT2D eigenvalue weighted by Crippen LogP contribution is 2.24. The summed E-state index contributed by atoms with van der Waals surface area (Å²) in [6.07, 6.45) is 0. The molecule has 0 bridgehead atoms. The molecule has 0 saturated heterocycles. The minimum absolute atomic E-state index is 0.0756. The standard InChI is InChI=1S/C14H16BrN3O2S/c1-9(17-13-6-7-14(15)18-10(13)2)11-4-3-5-12(8-11)21(16,19)20/h3-9,17H,1-2H3,(H2,16,19,20). The number of aryl methyl sites for hydroxylation is 1. The molecule has 1 unspecified atom stereocenters. The van der Waals surface area contributed by atoms with Gasteiger partial charge >= 0.3 is 0 Å². The van der Waals surface area contributed by atoms with Crippen molar-refractivity contribution < 1.29 is 8.42 Å². The number of aromatic nitrogens is 1. The van der Waals surface area contributed by atoms with E-state index in [0.29, 0.717) is 0 Å². The minimum Gasteiger partial charge on any atom is -0.377 e. The molecule has 1 atom stereocenters. The number of benzene rings is 1. The second kappa shape index (κ2) is 6.13. The van der Waals surface area contributed by atoms with Crippen LogP contribution in [0.5, 0.6) is 0 Å². The predicted octanol–water partition coefficient (Wildman–Crippen LogP) is 2.97. The van der Waals surface area contributed by atoms with Crippen LogP contribution in [0.15, 0.2) is 45.9 Å². The molecule has 0 aliphatic heterocycles. The Morgan fingerprint density at radius 1 is 1.29 bits per heavy atom. The third-order valence-corrected chi connectivity index (χ3v) is 4.46. The SMILES string of the molecule is Cc1nc(Br)ccc1NC(C)c1cccc(S(N)(=O)=O)c1. The van der Waals surface area contributed by atoms with Crippen LogP contribution < -0.4 is 10.5 Å². The second-order valence-electron chi connectivity index (χ2n) is 4.75. The lowest BCUT2D eigenvalue weighted by atomic mass is 10.1. The second-order valence-corrected chi connectivity index (χ2v) is 7.12. The van der Waals surface area contributed by atoms with Gasteiger partial charge < -0.3 is 5.32 Å². The number of hydrogen-bond acceptors (Lipinski definition) is 4. The van der Waals surface area contributed by atoms with Gasteiger partial charge in [-0.2, -0.15) is 0 Å². The van der Waals surface area contributed by atoms with Crippen LogP contribution in [-0.2, 0) is 10.0 Å². The first kappa shape index (κ1) is 15.9. The molecule has 1 heterocycles. The Morgan fingerprint density at radius 3 is 2.62 bits per heavy atom. The zero-order valence-corrected chi connectivity index (χ0v) is 14.1. The number of nitrogens with zero attached hydrogens (tertiary/aromatic N) is 1. The quantitative estimate of drug-likeness (QED) is 0.811. The van der Waals surface area contributed by atoms with Gasteiger partial charge in [0.1, 0.15) is 4.60 Å². The maximum Gasteiger partial charge on any atom is 0.238 e. The summed E-state index contributed by atoms with van der Waals surface area (Å²) in [5.41, 5.74) is 2.59. The van der Waals surface area contributed by atoms with Crippen LogP contribution in [0, 0.1) is 6.92 Å². The Morgan fingerprint density at radius 2 is 2.00 bits per heavy atom. The summed E-state index contributed by atoms with van der Waals surface area (Å²) in [6.45, 7) is 3.85. The van der Waals surface area contributed by atoms with Gasteiger partial charge in [0.15, 0.2) is 0 Å². The average Bonchev–Trinajstić information content (AvgIpc) is 2.41. The Hall–Kier alpha value is -1.44. The highest BCUT2D eigenvalue weighted by Gasteiger charge is 2.12. The molecule has 112 valence electrons. The number of halogens is 1. The van der Waals surface area contributed by atoms with E-state index < -0.39 is 10.0 Å². The summed E-state index contributed by atoms with van der Waals surface area (Å²) in [4.78, 5) is 4.43. The lowest BCUT2D eigenvalue weighted by Gasteiger charge is -2.17. The maximum absolute atomic E-state index is 11.4. The van der Waals surface area contributed by atoms with E-state index in [1.165, 1.54) is 6.07 Å². The van der Waals surface area contributed by atoms with E-state index in [9.17, 15) is 8.42 Å². The van der Waals surface area contributed by atoms with Crippen LogP contribution >= 0.6 is 15.9 Å². The van der Waals surface area contributed by atoms with Crippen molar-refractivity contribution >= 4 is 31.6 Å². The van der Waals surface area contributed by atoms with E-state index in [1.54, 1.807) is 12.1 Å². The van der Waals surface area contributed by atoms with Crippen molar-refractivity contribution in [3.63, 3.8) is 0 Å². The van der Waals surface area contributed by atoms with Gasteiger partial charge in [-0.1, -0.05) is 12.1 Å². The first-order valence-corrected chi connectivity index (χ1v) is 8.64. The smallest absolute Gasteiger partial charge is 0.238 e. The highest BCUT2D eigenvalue weighted by molar-refractivity contribution is 9.10. The molecule has 0 spiro atoms. The number of hydrogen-bond donors (Lipinski definition) is 2. The number of sulfonamides is 1. The van der Waals surface area contributed by atoms with Gasteiger partial charge in [0.2, 0.25) is 10.0 Å². The van der Waals surface area contributed by atoms with E-state index >= 15 is 0 Å². The van der Waals surface area contributed by atoms with Crippen LogP contribution in [0.1, 0.15) is 24.2 Å². The van der Waals surface area contributed by atoms with Crippen LogP contribution in [0.2, 0.25) is 0 Å². The van der Waals surface area contributed by atoms with E-state index in [4.69, 9.17) is 5.14 Å². The lowest BCUT2D eigenvalue weighted by Crippen LogP contribution is -2.14. The zero-order valence-electron chi connectivity index (χ0n) is 11.7. The molecule has 0 amide bonds. The molecule has 0 aliphatic rings. The first-order valence-electron chi connectivity index (χ1n) is 6.30. The molecule has 0 saturated carbocycles. The molecule has 0 aliphatic carbocycles. The zero-order chi connectivity index (χ0) is 15.6. The fourth-order valence-corrected chi connectivity index (χ4v) is 2.93. The number of nitrogens with one attached hydrogen (secondary N) is 1. The Bertz CT molecular complexity index is 763. The molecule has 1 aromatic carbocycles. The fourth-order valence-electron chi connectivity index (χ4n) is 1.96. The Labute approximate surface area is 132 Å². The van der Waals surface area contributed by atoms with E-state index in [0.717, 1.165) is 21.5 Å². The van der Waals surface area contributed by atoms with Gasteiger partial charge in [-0.25, -0.2) is 18.5 Å². The van der Waals surface area contributed by atoms with E-state index in [1.807, 2.05) is 32.0 Å². The molecule has 3 N–H and O–H groups in total. The molecule has 0 radical (unpaired) electrons. The number of pyridine rings is 1. The molecule has 2 rings (SSSR count). The topological polar surface area (TPSA) is 85.1 Å². The molecule has 0 fully saturated rings. The van der Waals surface area contributed by atoms with Crippen molar-refractivity contribution in [3.05, 3.63) is 52.3 Å². The Balaban J connectivity index is 2.26. The van der Waals surface area contributed by atoms with Crippen molar-refractivity contribution in [3.8, 4) is 0 Å². The molecule has 2 aromatic rings. The van der Waals surface area contributed by atoms with Crippen LogP contribution in [0.3, 0.4) is 0 Å². The number of primary sulfonamides is 1. The third kappa shape index (κ3) is 4.03. The molecular weight excluding hydrogens is 354 g/mol. The minimum atomic E-state index is -3.69. The van der Waals surface area contributed by atoms with Crippen LogP contribution in [0.25, 0.3) is 0 Å². The van der Waals surface area contributed by atoms with Gasteiger partial charge in [-0.05, 0) is 59.6 Å². The van der Waals surface area contributed by atoms with Crippen LogP contribution in [0.4, 0.5) is 5.69 Å². The summed E-state index contributed by atoms with van der Waals surface area (Å²) in [5.74, 6) is 0. The first-order chi connectivity index (χ1) is 9.77. The molecule has 21 heavy (non-hydrogen) atoms. The largest absolute Gasteiger partial charge is 0.377 e. The molecule has 1 aromatic heterocycles. The maximum atomic E-state index is 11.4. The molecule has 7 heteroatoms. The van der Waals surface area contributed by atoms with Crippen molar-refractivity contribution in [2.24, 2.45) is 5.14 Å². The lowest BCUT2D eigenvalue weighted by molar-refractivity contribution is 0.597. The summed E-state index contributed by atoms with van der Waals surface area (Å²) < 4.78 is 23.6. The van der Waals surface area contributed by atoms with Crippen molar-refractivity contribution in [1.82, 2.24) is 4.98 Å². The van der Waals surface area contributed by atoms with E-state index in [2.05, 4.69) is 26.2 Å². The van der Waals surface area contributed by atoms with Crippen molar-refractivity contribution in [1.29, 1.82) is 0 Å². The van der Waals surface area contributed by atoms with Crippen molar-refractivity contribution in [2.75, 3.05) is 5.32 Å². The van der Waals surface area contributed by atoms with Gasteiger partial charge in [-0.15, -0.1) is 0 Å². The molecular formula is C14H16BrN3O2S. The number of rotatable bonds is 4. The van der Waals surface area contributed by atoms with Gasteiger partial charge in [0.25, 0.3) is 0 Å². The van der Waals surface area contributed by atoms with Gasteiger partial charge in [-0.3, -0.25) is 0 Å². The van der Waals surface area contributed by atoms with Crippen molar-refractivity contribution in [2.45, 2.75) is 24.8 Å². The normalized spacial score (nSPS) is 13.0.